The zero-order chi connectivity index (χ0) is 19.8. The molecule has 0 saturated carbocycles. The van der Waals surface area contributed by atoms with Crippen LogP contribution in [-0.4, -0.2) is 33.3 Å². The first-order chi connectivity index (χ1) is 12.9. The molecule has 2 aromatic carbocycles. The third kappa shape index (κ3) is 5.91. The van der Waals surface area contributed by atoms with Crippen molar-refractivity contribution in [3.05, 3.63) is 53.1 Å². The Kier molecular flexibility index (Phi) is 7.53. The molecule has 0 heterocycles. The molecule has 0 unspecified atom stereocenters. The Morgan fingerprint density at radius 3 is 2.41 bits per heavy atom. The second-order valence-corrected chi connectivity index (χ2v) is 6.77. The largest absolute Gasteiger partial charge is 0.493 e. The van der Waals surface area contributed by atoms with Gasteiger partial charge >= 0.3 is 0 Å². The molecular weight excluding hydrogens is 342 g/mol. The Bertz CT molecular complexity index is 771. The fourth-order valence-electron chi connectivity index (χ4n) is 2.82. The maximum atomic E-state index is 12.1. The second-order valence-electron chi connectivity index (χ2n) is 6.77. The van der Waals surface area contributed by atoms with Crippen LogP contribution >= 0.6 is 0 Å². The summed E-state index contributed by atoms with van der Waals surface area (Å²) in [7, 11) is 3.22. The van der Waals surface area contributed by atoms with E-state index in [1.165, 1.54) is 0 Å². The van der Waals surface area contributed by atoms with Gasteiger partial charge in [-0.1, -0.05) is 32.0 Å². The summed E-state index contributed by atoms with van der Waals surface area (Å²) in [6.45, 7) is 6.78. The van der Waals surface area contributed by atoms with Gasteiger partial charge in [0.05, 0.1) is 14.2 Å². The van der Waals surface area contributed by atoms with Crippen molar-refractivity contribution in [2.45, 2.75) is 33.1 Å². The van der Waals surface area contributed by atoms with E-state index in [9.17, 15) is 4.79 Å². The highest BCUT2D eigenvalue weighted by atomic mass is 16.5. The van der Waals surface area contributed by atoms with Crippen LogP contribution in [0.3, 0.4) is 0 Å². The molecule has 0 saturated heterocycles. The molecule has 0 aliphatic carbocycles. The molecule has 0 fully saturated rings. The van der Waals surface area contributed by atoms with E-state index >= 15 is 0 Å². The Balaban J connectivity index is 1.84. The molecule has 0 radical (unpaired) electrons. The number of hydrogen-bond acceptors (Lipinski definition) is 4. The summed E-state index contributed by atoms with van der Waals surface area (Å²) in [6.07, 6.45) is 0.702. The van der Waals surface area contributed by atoms with E-state index in [4.69, 9.17) is 14.2 Å². The predicted molar refractivity (Wildman–Crippen MR) is 107 cm³/mol. The number of aryl methyl sites for hydroxylation is 1. The zero-order valence-electron chi connectivity index (χ0n) is 16.8. The molecule has 0 spiro atoms. The number of carbonyl (C=O) groups excluding carboxylic acids is 1. The SMILES string of the molecule is COc1ccc(CCNC(=O)COc2cc(C)ccc2C(C)C)cc1OC. The first kappa shape index (κ1) is 20.6. The van der Waals surface area contributed by atoms with Gasteiger partial charge < -0.3 is 19.5 Å². The summed E-state index contributed by atoms with van der Waals surface area (Å²) < 4.78 is 16.3. The molecule has 146 valence electrons. The maximum absolute atomic E-state index is 12.1. The highest BCUT2D eigenvalue weighted by Crippen LogP contribution is 2.28. The summed E-state index contributed by atoms with van der Waals surface area (Å²) in [5.41, 5.74) is 3.29. The van der Waals surface area contributed by atoms with Gasteiger partial charge in [0.25, 0.3) is 5.91 Å². The first-order valence-corrected chi connectivity index (χ1v) is 9.15. The summed E-state index contributed by atoms with van der Waals surface area (Å²) >= 11 is 0. The number of rotatable bonds is 9. The van der Waals surface area contributed by atoms with Gasteiger partial charge in [0, 0.05) is 6.54 Å². The molecule has 5 nitrogen and oxygen atoms in total. The van der Waals surface area contributed by atoms with Crippen LogP contribution in [0.4, 0.5) is 0 Å². The van der Waals surface area contributed by atoms with Crippen molar-refractivity contribution in [2.75, 3.05) is 27.4 Å². The minimum atomic E-state index is -0.133. The molecule has 2 aromatic rings. The fourth-order valence-corrected chi connectivity index (χ4v) is 2.82. The van der Waals surface area contributed by atoms with Gasteiger partial charge in [-0.3, -0.25) is 4.79 Å². The van der Waals surface area contributed by atoms with Crippen LogP contribution in [0, 0.1) is 6.92 Å². The number of amides is 1. The highest BCUT2D eigenvalue weighted by molar-refractivity contribution is 5.77. The minimum Gasteiger partial charge on any atom is -0.493 e. The number of nitrogens with one attached hydrogen (secondary N) is 1. The van der Waals surface area contributed by atoms with Gasteiger partial charge in [-0.05, 0) is 54.2 Å². The minimum absolute atomic E-state index is 0.00903. The molecule has 5 heteroatoms. The Morgan fingerprint density at radius 1 is 1.00 bits per heavy atom. The lowest BCUT2D eigenvalue weighted by Gasteiger charge is -2.15. The van der Waals surface area contributed by atoms with E-state index in [2.05, 4.69) is 31.3 Å². The van der Waals surface area contributed by atoms with Crippen molar-refractivity contribution < 1.29 is 19.0 Å². The molecule has 2 rings (SSSR count). The van der Waals surface area contributed by atoms with Gasteiger partial charge in [-0.25, -0.2) is 0 Å². The lowest BCUT2D eigenvalue weighted by atomic mass is 10.0. The summed E-state index contributed by atoms with van der Waals surface area (Å²) in [4.78, 5) is 12.1. The van der Waals surface area contributed by atoms with E-state index in [1.807, 2.05) is 31.2 Å². The summed E-state index contributed by atoms with van der Waals surface area (Å²) in [6, 6.07) is 11.8. The average Bonchev–Trinajstić information content (AvgIpc) is 2.66. The third-order valence-electron chi connectivity index (χ3n) is 4.33. The highest BCUT2D eigenvalue weighted by Gasteiger charge is 2.10. The molecular formula is C22H29NO4. The Morgan fingerprint density at radius 2 is 1.74 bits per heavy atom. The van der Waals surface area contributed by atoms with Gasteiger partial charge in [-0.2, -0.15) is 0 Å². The number of ether oxygens (including phenoxy) is 3. The molecule has 0 bridgehead atoms. The molecule has 1 N–H and O–H groups in total. The van der Waals surface area contributed by atoms with E-state index in [0.29, 0.717) is 30.4 Å². The van der Waals surface area contributed by atoms with Crippen molar-refractivity contribution >= 4 is 5.91 Å². The van der Waals surface area contributed by atoms with Gasteiger partial charge in [-0.15, -0.1) is 0 Å². The van der Waals surface area contributed by atoms with E-state index in [1.54, 1.807) is 14.2 Å². The van der Waals surface area contributed by atoms with Crippen LogP contribution in [0.2, 0.25) is 0 Å². The normalized spacial score (nSPS) is 10.6. The summed E-state index contributed by atoms with van der Waals surface area (Å²) in [5.74, 6) is 2.36. The maximum Gasteiger partial charge on any atom is 0.257 e. The van der Waals surface area contributed by atoms with Crippen molar-refractivity contribution in [3.63, 3.8) is 0 Å². The van der Waals surface area contributed by atoms with Crippen LogP contribution in [0.5, 0.6) is 17.2 Å². The van der Waals surface area contributed by atoms with Crippen molar-refractivity contribution in [2.24, 2.45) is 0 Å². The average molecular weight is 371 g/mol. The van der Waals surface area contributed by atoms with Crippen LogP contribution in [0.15, 0.2) is 36.4 Å². The number of hydrogen-bond donors (Lipinski definition) is 1. The number of methoxy groups -OCH3 is 2. The van der Waals surface area contributed by atoms with Crippen LogP contribution in [-0.2, 0) is 11.2 Å². The number of carbonyl (C=O) groups is 1. The molecule has 0 aromatic heterocycles. The second kappa shape index (κ2) is 9.86. The van der Waals surface area contributed by atoms with E-state index in [-0.39, 0.29) is 12.5 Å². The van der Waals surface area contributed by atoms with Crippen LogP contribution in [0.1, 0.15) is 36.5 Å². The van der Waals surface area contributed by atoms with Crippen molar-refractivity contribution in [1.29, 1.82) is 0 Å². The quantitative estimate of drug-likeness (QED) is 0.727. The molecule has 1 amide bonds. The van der Waals surface area contributed by atoms with Crippen molar-refractivity contribution in [1.82, 2.24) is 5.32 Å². The third-order valence-corrected chi connectivity index (χ3v) is 4.33. The molecule has 0 atom stereocenters. The molecule has 27 heavy (non-hydrogen) atoms. The lowest BCUT2D eigenvalue weighted by molar-refractivity contribution is -0.123. The molecule has 0 aliphatic rings. The Labute approximate surface area is 161 Å². The van der Waals surface area contributed by atoms with E-state index < -0.39 is 0 Å². The van der Waals surface area contributed by atoms with Gasteiger partial charge in [0.2, 0.25) is 0 Å². The first-order valence-electron chi connectivity index (χ1n) is 9.15. The van der Waals surface area contributed by atoms with Crippen molar-refractivity contribution in [3.8, 4) is 17.2 Å². The monoisotopic (exact) mass is 371 g/mol. The smallest absolute Gasteiger partial charge is 0.257 e. The predicted octanol–water partition coefficient (Wildman–Crippen LogP) is 3.87. The van der Waals surface area contributed by atoms with E-state index in [0.717, 1.165) is 22.4 Å². The zero-order valence-corrected chi connectivity index (χ0v) is 16.8. The molecule has 0 aliphatic heterocycles. The number of benzene rings is 2. The Hall–Kier alpha value is -2.69. The van der Waals surface area contributed by atoms with Gasteiger partial charge in [0.15, 0.2) is 18.1 Å². The van der Waals surface area contributed by atoms with Gasteiger partial charge in [0.1, 0.15) is 5.75 Å². The fraction of sp³-hybridized carbons (Fsp3) is 0.409. The standard InChI is InChI=1S/C22H29NO4/c1-15(2)18-8-6-16(3)12-20(18)27-14-22(24)23-11-10-17-7-9-19(25-4)21(13-17)26-5/h6-9,12-13,15H,10-11,14H2,1-5H3,(H,23,24). The van der Waals surface area contributed by atoms with Crippen LogP contribution < -0.4 is 19.5 Å². The van der Waals surface area contributed by atoms with Crippen LogP contribution in [0.25, 0.3) is 0 Å². The lowest BCUT2D eigenvalue weighted by Crippen LogP contribution is -2.30. The summed E-state index contributed by atoms with van der Waals surface area (Å²) in [5, 5.41) is 2.89. The topological polar surface area (TPSA) is 56.8 Å².